The molecule has 0 aromatic heterocycles. The predicted octanol–water partition coefficient (Wildman–Crippen LogP) is 5.54. The van der Waals surface area contributed by atoms with Crippen LogP contribution in [0.2, 0.25) is 0 Å². The van der Waals surface area contributed by atoms with E-state index in [4.69, 9.17) is 4.74 Å². The van der Waals surface area contributed by atoms with Gasteiger partial charge in [0.25, 0.3) is 10.0 Å². The van der Waals surface area contributed by atoms with E-state index >= 15 is 0 Å². The molecule has 3 aromatic carbocycles. The molecular formula is C33H43N3O5S. The van der Waals surface area contributed by atoms with Crippen LogP contribution in [0.5, 0.6) is 5.75 Å². The molecule has 0 saturated heterocycles. The minimum Gasteiger partial charge on any atom is -0.495 e. The van der Waals surface area contributed by atoms with E-state index in [0.29, 0.717) is 12.2 Å². The Balaban J connectivity index is 2.13. The van der Waals surface area contributed by atoms with Gasteiger partial charge in [0, 0.05) is 12.6 Å². The highest BCUT2D eigenvalue weighted by atomic mass is 32.2. The summed E-state index contributed by atoms with van der Waals surface area (Å²) in [6, 6.07) is 18.6. The van der Waals surface area contributed by atoms with Crippen LogP contribution in [-0.4, -0.2) is 50.9 Å². The third kappa shape index (κ3) is 7.91. The molecule has 3 rings (SSSR count). The van der Waals surface area contributed by atoms with Crippen molar-refractivity contribution in [3.05, 3.63) is 89.0 Å². The van der Waals surface area contributed by atoms with E-state index in [-0.39, 0.29) is 29.1 Å². The van der Waals surface area contributed by atoms with Crippen LogP contribution >= 0.6 is 0 Å². The molecule has 0 radical (unpaired) electrons. The van der Waals surface area contributed by atoms with Crippen LogP contribution in [0.25, 0.3) is 0 Å². The lowest BCUT2D eigenvalue weighted by atomic mass is 10.1. The van der Waals surface area contributed by atoms with Gasteiger partial charge in [-0.2, -0.15) is 0 Å². The molecule has 2 atom stereocenters. The Hall–Kier alpha value is -3.85. The summed E-state index contributed by atoms with van der Waals surface area (Å²) in [7, 11) is -2.74. The first-order chi connectivity index (χ1) is 19.9. The molecule has 42 heavy (non-hydrogen) atoms. The maximum absolute atomic E-state index is 14.3. The highest BCUT2D eigenvalue weighted by molar-refractivity contribution is 7.92. The minimum absolute atomic E-state index is 0.0521. The number of rotatable bonds is 13. The molecule has 2 amide bonds. The largest absolute Gasteiger partial charge is 0.495 e. The molecule has 0 fully saturated rings. The second-order valence-corrected chi connectivity index (χ2v) is 12.6. The smallest absolute Gasteiger partial charge is 0.264 e. The lowest BCUT2D eigenvalue weighted by Crippen LogP contribution is -2.53. The van der Waals surface area contributed by atoms with Crippen molar-refractivity contribution in [1.82, 2.24) is 10.2 Å². The Morgan fingerprint density at radius 3 is 2.12 bits per heavy atom. The molecule has 0 aliphatic rings. The van der Waals surface area contributed by atoms with Crippen LogP contribution in [0.15, 0.2) is 71.6 Å². The summed E-state index contributed by atoms with van der Waals surface area (Å²) in [6.45, 7) is 11.1. The third-order valence-electron chi connectivity index (χ3n) is 7.31. The van der Waals surface area contributed by atoms with E-state index in [2.05, 4.69) is 5.32 Å². The average molecular weight is 594 g/mol. The molecule has 226 valence electrons. The fourth-order valence-electron chi connectivity index (χ4n) is 4.71. The fourth-order valence-corrected chi connectivity index (χ4v) is 6.13. The Kier molecular flexibility index (Phi) is 11.2. The maximum atomic E-state index is 14.3. The molecule has 0 aliphatic carbocycles. The number of amides is 2. The summed E-state index contributed by atoms with van der Waals surface area (Å²) in [4.78, 5) is 29.3. The predicted molar refractivity (Wildman–Crippen MR) is 167 cm³/mol. The van der Waals surface area contributed by atoms with Gasteiger partial charge < -0.3 is 15.0 Å². The van der Waals surface area contributed by atoms with Crippen molar-refractivity contribution in [2.75, 3.05) is 18.0 Å². The number of sulfonamides is 1. The maximum Gasteiger partial charge on any atom is 0.264 e. The van der Waals surface area contributed by atoms with Gasteiger partial charge in [-0.1, -0.05) is 67.4 Å². The van der Waals surface area contributed by atoms with E-state index in [1.807, 2.05) is 71.9 Å². The van der Waals surface area contributed by atoms with Crippen molar-refractivity contribution < 1.29 is 22.7 Å². The number of aryl methyl sites for hydroxylation is 3. The number of nitrogens with zero attached hydrogens (tertiary/aromatic N) is 2. The summed E-state index contributed by atoms with van der Waals surface area (Å²) in [6.07, 6.45) is 1.10. The molecule has 0 bridgehead atoms. The van der Waals surface area contributed by atoms with Crippen LogP contribution in [0.1, 0.15) is 55.9 Å². The summed E-state index contributed by atoms with van der Waals surface area (Å²) in [5.41, 5.74) is 3.83. The second kappa shape index (κ2) is 14.4. The summed E-state index contributed by atoms with van der Waals surface area (Å²) >= 11 is 0. The van der Waals surface area contributed by atoms with Crippen LogP contribution < -0.4 is 14.4 Å². The molecule has 1 N–H and O–H groups in total. The van der Waals surface area contributed by atoms with Gasteiger partial charge in [-0.25, -0.2) is 8.42 Å². The van der Waals surface area contributed by atoms with Crippen molar-refractivity contribution in [3.63, 3.8) is 0 Å². The number of anilines is 1. The van der Waals surface area contributed by atoms with E-state index in [1.54, 1.807) is 24.3 Å². The number of hydrogen-bond acceptors (Lipinski definition) is 5. The van der Waals surface area contributed by atoms with Gasteiger partial charge >= 0.3 is 0 Å². The number of nitrogens with one attached hydrogen (secondary N) is 1. The Bertz CT molecular complexity index is 1490. The lowest BCUT2D eigenvalue weighted by molar-refractivity contribution is -0.140. The van der Waals surface area contributed by atoms with E-state index in [9.17, 15) is 18.0 Å². The van der Waals surface area contributed by atoms with Crippen molar-refractivity contribution in [2.24, 2.45) is 0 Å². The van der Waals surface area contributed by atoms with Crippen LogP contribution in [-0.2, 0) is 26.2 Å². The topological polar surface area (TPSA) is 96.0 Å². The summed E-state index contributed by atoms with van der Waals surface area (Å²) in [5.74, 6) is -0.452. The van der Waals surface area contributed by atoms with Gasteiger partial charge in [-0.05, 0) is 75.9 Å². The molecular weight excluding hydrogens is 550 g/mol. The Morgan fingerprint density at radius 2 is 1.52 bits per heavy atom. The Morgan fingerprint density at radius 1 is 0.881 bits per heavy atom. The molecule has 8 nitrogen and oxygen atoms in total. The van der Waals surface area contributed by atoms with Crippen molar-refractivity contribution in [1.29, 1.82) is 0 Å². The molecule has 0 aliphatic heterocycles. The quantitative estimate of drug-likeness (QED) is 0.281. The number of hydrogen-bond donors (Lipinski definition) is 1. The molecule has 0 heterocycles. The monoisotopic (exact) mass is 593 g/mol. The van der Waals surface area contributed by atoms with Gasteiger partial charge in [0.05, 0.1) is 17.7 Å². The summed E-state index contributed by atoms with van der Waals surface area (Å²) < 4.78 is 35.0. The average Bonchev–Trinajstić information content (AvgIpc) is 2.95. The van der Waals surface area contributed by atoms with E-state index in [0.717, 1.165) is 33.0 Å². The first kappa shape index (κ1) is 32.7. The fraction of sp³-hybridized carbons (Fsp3) is 0.394. The summed E-state index contributed by atoms with van der Waals surface area (Å²) in [5, 5.41) is 3.00. The first-order valence-electron chi connectivity index (χ1n) is 14.3. The minimum atomic E-state index is -4.20. The van der Waals surface area contributed by atoms with Gasteiger partial charge in [-0.3, -0.25) is 13.9 Å². The SMILES string of the molecule is CC[C@@H](C)NC(=O)[C@@H](CC)N(Cc1cccc(C)c1)C(=O)CN(c1cc(C)ccc1OC)S(=O)(=O)c1ccc(C)cc1. The van der Waals surface area contributed by atoms with E-state index in [1.165, 1.54) is 24.1 Å². The lowest BCUT2D eigenvalue weighted by Gasteiger charge is -2.34. The van der Waals surface area contributed by atoms with E-state index < -0.39 is 28.5 Å². The standard InChI is InChI=1S/C33H43N3O5S/c1-8-26(6)34-33(38)29(9-2)35(21-27-12-10-11-24(4)19-27)32(37)22-36(30-20-25(5)15-18-31(30)41-7)42(39,40)28-16-13-23(3)14-17-28/h10-20,26,29H,8-9,21-22H2,1-7H3,(H,34,38)/t26-,29-/m1/s1. The van der Waals surface area contributed by atoms with Crippen LogP contribution in [0.4, 0.5) is 5.69 Å². The number of carbonyl (C=O) groups is 2. The highest BCUT2D eigenvalue weighted by Gasteiger charge is 2.35. The van der Waals surface area contributed by atoms with Crippen molar-refractivity contribution >= 4 is 27.5 Å². The third-order valence-corrected chi connectivity index (χ3v) is 9.09. The zero-order chi connectivity index (χ0) is 31.0. The van der Waals surface area contributed by atoms with Gasteiger partial charge in [0.2, 0.25) is 11.8 Å². The zero-order valence-corrected chi connectivity index (χ0v) is 26.5. The molecule has 0 unspecified atom stereocenters. The molecule has 3 aromatic rings. The number of carbonyl (C=O) groups excluding carboxylic acids is 2. The number of methoxy groups -OCH3 is 1. The Labute approximate surface area is 250 Å². The normalized spacial score (nSPS) is 12.7. The number of ether oxygens (including phenoxy) is 1. The number of benzene rings is 3. The zero-order valence-electron chi connectivity index (χ0n) is 25.7. The van der Waals surface area contributed by atoms with Crippen molar-refractivity contribution in [2.45, 2.75) is 77.9 Å². The first-order valence-corrected chi connectivity index (χ1v) is 15.7. The van der Waals surface area contributed by atoms with Gasteiger partial charge in [0.1, 0.15) is 18.3 Å². The van der Waals surface area contributed by atoms with Crippen LogP contribution in [0, 0.1) is 20.8 Å². The molecule has 9 heteroatoms. The van der Waals surface area contributed by atoms with Gasteiger partial charge in [-0.15, -0.1) is 0 Å². The van der Waals surface area contributed by atoms with Gasteiger partial charge in [0.15, 0.2) is 0 Å². The van der Waals surface area contributed by atoms with Crippen LogP contribution in [0.3, 0.4) is 0 Å². The highest BCUT2D eigenvalue weighted by Crippen LogP contribution is 2.34. The molecule has 0 saturated carbocycles. The van der Waals surface area contributed by atoms with Crippen molar-refractivity contribution in [3.8, 4) is 5.75 Å². The second-order valence-electron chi connectivity index (χ2n) is 10.8. The molecule has 0 spiro atoms.